The van der Waals surface area contributed by atoms with Crippen molar-refractivity contribution in [3.8, 4) is 0 Å². The van der Waals surface area contributed by atoms with Crippen molar-refractivity contribution in [2.45, 2.75) is 65.8 Å². The van der Waals surface area contributed by atoms with E-state index in [9.17, 15) is 19.6 Å². The Morgan fingerprint density at radius 3 is 1.28 bits per heavy atom. The summed E-state index contributed by atoms with van der Waals surface area (Å²) in [4.78, 5) is 28.3. The van der Waals surface area contributed by atoms with Crippen molar-refractivity contribution in [2.24, 2.45) is 0 Å². The highest BCUT2D eigenvalue weighted by atomic mass is 79.9. The molecular weight excluding hydrogens is 647 g/mol. The molecule has 242 valence electrons. The molecule has 46 heavy (non-hydrogen) atoms. The standard InChI is InChI=1S/C18H22BNO4.C18H20BrNO2/c1-18(2,3)24-17(21)20(13-14-7-5-4-6-8-14)16-11-9-15(10-12-16)19(22)23;1-18(2,3)22-17(21)20(13-14-7-5-4-6-8-14)16-11-9-15(19)10-12-16/h4-12,22-23H,13H2,1-3H3;4-12H,13H2,1-3H3. The Kier molecular flexibility index (Phi) is 13.0. The van der Waals surface area contributed by atoms with Gasteiger partial charge in [-0.15, -0.1) is 0 Å². The molecule has 0 saturated heterocycles. The fourth-order valence-electron chi connectivity index (χ4n) is 4.14. The Hall–Kier alpha value is -4.12. The zero-order chi connectivity index (χ0) is 33.9. The first-order chi connectivity index (χ1) is 21.6. The Morgan fingerprint density at radius 1 is 0.609 bits per heavy atom. The van der Waals surface area contributed by atoms with Gasteiger partial charge in [0.05, 0.1) is 13.1 Å². The highest BCUT2D eigenvalue weighted by molar-refractivity contribution is 9.10. The zero-order valence-corrected chi connectivity index (χ0v) is 28.8. The molecule has 4 rings (SSSR count). The van der Waals surface area contributed by atoms with Crippen LogP contribution in [0.1, 0.15) is 52.7 Å². The van der Waals surface area contributed by atoms with E-state index in [1.807, 2.05) is 126 Å². The first-order valence-corrected chi connectivity index (χ1v) is 15.7. The lowest BCUT2D eigenvalue weighted by Crippen LogP contribution is -2.37. The molecule has 0 atom stereocenters. The maximum absolute atomic E-state index is 12.6. The maximum Gasteiger partial charge on any atom is 0.488 e. The number of halogens is 1. The number of amides is 2. The van der Waals surface area contributed by atoms with Crippen molar-refractivity contribution in [3.63, 3.8) is 0 Å². The summed E-state index contributed by atoms with van der Waals surface area (Å²) >= 11 is 3.41. The van der Waals surface area contributed by atoms with Crippen LogP contribution in [0, 0.1) is 0 Å². The van der Waals surface area contributed by atoms with E-state index in [1.165, 1.54) is 4.90 Å². The first-order valence-electron chi connectivity index (χ1n) is 14.9. The van der Waals surface area contributed by atoms with Crippen LogP contribution in [0.5, 0.6) is 0 Å². The van der Waals surface area contributed by atoms with E-state index < -0.39 is 24.4 Å². The third kappa shape index (κ3) is 12.3. The number of hydrogen-bond donors (Lipinski definition) is 2. The number of nitrogens with zero attached hydrogens (tertiary/aromatic N) is 2. The third-order valence-electron chi connectivity index (χ3n) is 6.24. The van der Waals surface area contributed by atoms with E-state index >= 15 is 0 Å². The molecule has 8 nitrogen and oxygen atoms in total. The van der Waals surface area contributed by atoms with E-state index in [2.05, 4.69) is 15.9 Å². The van der Waals surface area contributed by atoms with Crippen molar-refractivity contribution in [3.05, 3.63) is 125 Å². The molecule has 0 aromatic heterocycles. The van der Waals surface area contributed by atoms with Gasteiger partial charge < -0.3 is 19.5 Å². The molecule has 0 saturated carbocycles. The Bertz CT molecular complexity index is 1520. The largest absolute Gasteiger partial charge is 0.488 e. The Balaban J connectivity index is 0.000000251. The molecule has 0 fully saturated rings. The summed E-state index contributed by atoms with van der Waals surface area (Å²) in [6.45, 7) is 11.9. The minimum atomic E-state index is -1.54. The van der Waals surface area contributed by atoms with E-state index in [0.29, 0.717) is 24.2 Å². The van der Waals surface area contributed by atoms with Crippen molar-refractivity contribution in [1.29, 1.82) is 0 Å². The minimum absolute atomic E-state index is 0.348. The van der Waals surface area contributed by atoms with Gasteiger partial charge in [0.15, 0.2) is 0 Å². The van der Waals surface area contributed by atoms with Crippen molar-refractivity contribution >= 4 is 52.1 Å². The van der Waals surface area contributed by atoms with Crippen LogP contribution in [0.3, 0.4) is 0 Å². The van der Waals surface area contributed by atoms with E-state index in [0.717, 1.165) is 21.3 Å². The SMILES string of the molecule is CC(C)(C)OC(=O)N(Cc1ccccc1)c1ccc(B(O)O)cc1.CC(C)(C)OC(=O)N(Cc1ccccc1)c1ccc(Br)cc1. The smallest absolute Gasteiger partial charge is 0.443 e. The first kappa shape index (κ1) is 36.4. The van der Waals surface area contributed by atoms with Crippen molar-refractivity contribution in [1.82, 2.24) is 0 Å². The summed E-state index contributed by atoms with van der Waals surface area (Å²) in [6.07, 6.45) is -0.803. The summed E-state index contributed by atoms with van der Waals surface area (Å²) < 4.78 is 12.0. The molecule has 0 spiro atoms. The molecule has 4 aromatic rings. The number of ether oxygens (including phenoxy) is 2. The lowest BCUT2D eigenvalue weighted by molar-refractivity contribution is 0.0566. The van der Waals surface area contributed by atoms with Crippen LogP contribution < -0.4 is 15.3 Å². The molecule has 0 aliphatic rings. The number of rotatable bonds is 7. The summed E-state index contributed by atoms with van der Waals surface area (Å²) in [7, 11) is -1.54. The second-order valence-corrected chi connectivity index (χ2v) is 13.5. The predicted molar refractivity (Wildman–Crippen MR) is 188 cm³/mol. The molecule has 0 aliphatic carbocycles. The van der Waals surface area contributed by atoms with Gasteiger partial charge in [0, 0.05) is 15.8 Å². The molecule has 0 unspecified atom stereocenters. The van der Waals surface area contributed by atoms with Gasteiger partial charge >= 0.3 is 19.3 Å². The average molecular weight is 689 g/mol. The fourth-order valence-corrected chi connectivity index (χ4v) is 4.40. The molecule has 0 radical (unpaired) electrons. The fraction of sp³-hybridized carbons (Fsp3) is 0.278. The van der Waals surface area contributed by atoms with Crippen LogP contribution in [-0.2, 0) is 22.6 Å². The van der Waals surface area contributed by atoms with Crippen LogP contribution in [0.2, 0.25) is 0 Å². The van der Waals surface area contributed by atoms with Crippen LogP contribution >= 0.6 is 15.9 Å². The Labute approximate surface area is 280 Å². The summed E-state index contributed by atoms with van der Waals surface area (Å²) in [5.74, 6) is 0. The van der Waals surface area contributed by atoms with Gasteiger partial charge in [0.25, 0.3) is 0 Å². The lowest BCUT2D eigenvalue weighted by Gasteiger charge is -2.27. The lowest BCUT2D eigenvalue weighted by atomic mass is 9.80. The van der Waals surface area contributed by atoms with Gasteiger partial charge in [-0.3, -0.25) is 9.80 Å². The highest BCUT2D eigenvalue weighted by Gasteiger charge is 2.25. The van der Waals surface area contributed by atoms with Crippen LogP contribution in [0.15, 0.2) is 114 Å². The predicted octanol–water partition coefficient (Wildman–Crippen LogP) is 7.70. The normalized spacial score (nSPS) is 11.1. The van der Waals surface area contributed by atoms with Gasteiger partial charge in [-0.1, -0.05) is 88.7 Å². The second-order valence-electron chi connectivity index (χ2n) is 12.5. The van der Waals surface area contributed by atoms with Gasteiger partial charge in [0.2, 0.25) is 0 Å². The van der Waals surface area contributed by atoms with Gasteiger partial charge in [-0.25, -0.2) is 9.59 Å². The topological polar surface area (TPSA) is 99.5 Å². The molecule has 10 heteroatoms. The average Bonchev–Trinajstić information content (AvgIpc) is 2.99. The zero-order valence-electron chi connectivity index (χ0n) is 27.2. The quantitative estimate of drug-likeness (QED) is 0.193. The second kappa shape index (κ2) is 16.4. The van der Waals surface area contributed by atoms with E-state index in [4.69, 9.17) is 9.47 Å². The molecule has 2 amide bonds. The van der Waals surface area contributed by atoms with Gasteiger partial charge in [0.1, 0.15) is 11.2 Å². The van der Waals surface area contributed by atoms with Crippen LogP contribution in [0.4, 0.5) is 21.0 Å². The summed E-state index contributed by atoms with van der Waals surface area (Å²) in [5, 5.41) is 18.4. The molecule has 2 N–H and O–H groups in total. The highest BCUT2D eigenvalue weighted by Crippen LogP contribution is 2.24. The van der Waals surface area contributed by atoms with Crippen LogP contribution in [-0.4, -0.2) is 40.6 Å². The Morgan fingerprint density at radius 2 is 0.957 bits per heavy atom. The van der Waals surface area contributed by atoms with Gasteiger partial charge in [-0.05, 0) is 94.5 Å². The minimum Gasteiger partial charge on any atom is -0.443 e. The molecule has 0 heterocycles. The van der Waals surface area contributed by atoms with E-state index in [-0.39, 0.29) is 6.09 Å². The molecule has 0 bridgehead atoms. The van der Waals surface area contributed by atoms with Gasteiger partial charge in [-0.2, -0.15) is 0 Å². The number of benzene rings is 4. The number of anilines is 2. The monoisotopic (exact) mass is 688 g/mol. The maximum atomic E-state index is 12.6. The van der Waals surface area contributed by atoms with Crippen LogP contribution in [0.25, 0.3) is 0 Å². The third-order valence-corrected chi connectivity index (χ3v) is 6.76. The summed E-state index contributed by atoms with van der Waals surface area (Å²) in [6, 6.07) is 33.6. The number of hydrogen-bond acceptors (Lipinski definition) is 6. The number of carbonyl (C=O) groups is 2. The number of carbonyl (C=O) groups excluding carboxylic acids is 2. The van der Waals surface area contributed by atoms with Crippen molar-refractivity contribution < 1.29 is 29.1 Å². The van der Waals surface area contributed by atoms with Crippen molar-refractivity contribution in [2.75, 3.05) is 9.80 Å². The summed E-state index contributed by atoms with van der Waals surface area (Å²) in [5.41, 5.74) is 2.68. The van der Waals surface area contributed by atoms with E-state index in [1.54, 1.807) is 29.2 Å². The molecule has 0 aliphatic heterocycles. The molecule has 4 aromatic carbocycles. The molecular formula is C36H42BBrN2O6.